The first-order chi connectivity index (χ1) is 15.0. The van der Waals surface area contributed by atoms with Crippen LogP contribution in [0.15, 0.2) is 47.3 Å². The molecule has 1 unspecified atom stereocenters. The third kappa shape index (κ3) is 5.67. The molecule has 0 aliphatic carbocycles. The summed E-state index contributed by atoms with van der Waals surface area (Å²) in [7, 11) is 2.16. The van der Waals surface area contributed by atoms with Crippen molar-refractivity contribution in [2.24, 2.45) is 0 Å². The van der Waals surface area contributed by atoms with Gasteiger partial charge < -0.3 is 15.0 Å². The molecule has 3 heterocycles. The van der Waals surface area contributed by atoms with Gasteiger partial charge in [0.15, 0.2) is 11.6 Å². The fourth-order valence-corrected chi connectivity index (χ4v) is 3.98. The van der Waals surface area contributed by atoms with Crippen LogP contribution in [0.2, 0.25) is 0 Å². The number of H-pyrrole nitrogens is 1. The van der Waals surface area contributed by atoms with Crippen LogP contribution >= 0.6 is 0 Å². The molecule has 1 atom stereocenters. The third-order valence-corrected chi connectivity index (χ3v) is 5.45. The minimum atomic E-state index is -0.250. The van der Waals surface area contributed by atoms with Crippen LogP contribution in [-0.4, -0.2) is 56.4 Å². The van der Waals surface area contributed by atoms with Crippen LogP contribution in [0.1, 0.15) is 42.8 Å². The van der Waals surface area contributed by atoms with E-state index in [1.54, 1.807) is 6.07 Å². The number of rotatable bonds is 5. The molecule has 0 radical (unpaired) electrons. The van der Waals surface area contributed by atoms with Crippen LogP contribution < -0.4 is 5.56 Å². The first-order valence-electron chi connectivity index (χ1n) is 10.5. The summed E-state index contributed by atoms with van der Waals surface area (Å²) >= 11 is 0. The Bertz CT molecular complexity index is 1040. The monoisotopic (exact) mass is 423 g/mol. The van der Waals surface area contributed by atoms with Crippen molar-refractivity contribution >= 4 is 6.47 Å². The van der Waals surface area contributed by atoms with Gasteiger partial charge in [0.25, 0.3) is 6.47 Å². The highest BCUT2D eigenvalue weighted by molar-refractivity contribution is 5.58. The molecule has 4 rings (SSSR count). The summed E-state index contributed by atoms with van der Waals surface area (Å²) in [5, 5.41) is 11.8. The standard InChI is InChI=1S/C22H27N5O.CH2O2/c1-3-19-18(11-12-20(28)23-19)22-24-21(17-10-7-13-26(2)15-17)25-27(22)14-16-8-5-4-6-9-16;2-1-3/h4-6,8-9,11-12,17H,3,7,10,13-15H2,1-2H3,(H,23,28);1H,(H,2,3). The number of benzene rings is 1. The minimum Gasteiger partial charge on any atom is -0.483 e. The number of nitrogens with one attached hydrogen (secondary N) is 1. The highest BCUT2D eigenvalue weighted by Crippen LogP contribution is 2.28. The maximum atomic E-state index is 11.8. The average Bonchev–Trinajstić information content (AvgIpc) is 3.18. The molecule has 1 aromatic carbocycles. The number of hydrogen-bond acceptors (Lipinski definition) is 5. The predicted octanol–water partition coefficient (Wildman–Crippen LogP) is 2.75. The largest absolute Gasteiger partial charge is 0.483 e. The zero-order chi connectivity index (χ0) is 22.2. The number of nitrogens with zero attached hydrogens (tertiary/aromatic N) is 4. The summed E-state index contributed by atoms with van der Waals surface area (Å²) in [5.41, 5.74) is 2.97. The van der Waals surface area contributed by atoms with Crippen molar-refractivity contribution in [2.75, 3.05) is 20.1 Å². The molecule has 31 heavy (non-hydrogen) atoms. The summed E-state index contributed by atoms with van der Waals surface area (Å²) in [5.74, 6) is 2.09. The first-order valence-corrected chi connectivity index (χ1v) is 10.5. The van der Waals surface area contributed by atoms with Crippen molar-refractivity contribution in [1.82, 2.24) is 24.6 Å². The van der Waals surface area contributed by atoms with Gasteiger partial charge in [0.05, 0.1) is 6.54 Å². The van der Waals surface area contributed by atoms with E-state index < -0.39 is 0 Å². The first kappa shape index (κ1) is 22.4. The molecule has 164 valence electrons. The second kappa shape index (κ2) is 10.7. The molecule has 0 saturated carbocycles. The van der Waals surface area contributed by atoms with Crippen molar-refractivity contribution in [3.63, 3.8) is 0 Å². The smallest absolute Gasteiger partial charge is 0.290 e. The van der Waals surface area contributed by atoms with Gasteiger partial charge in [-0.05, 0) is 44.5 Å². The van der Waals surface area contributed by atoms with E-state index in [-0.39, 0.29) is 12.0 Å². The van der Waals surface area contributed by atoms with E-state index in [1.807, 2.05) is 35.9 Å². The van der Waals surface area contributed by atoms with Crippen LogP contribution in [0.25, 0.3) is 11.4 Å². The maximum absolute atomic E-state index is 11.8. The van der Waals surface area contributed by atoms with E-state index in [0.717, 1.165) is 48.8 Å². The molecule has 0 spiro atoms. The molecule has 8 nitrogen and oxygen atoms in total. The summed E-state index contributed by atoms with van der Waals surface area (Å²) < 4.78 is 1.99. The highest BCUT2D eigenvalue weighted by atomic mass is 16.3. The fraction of sp³-hybridized carbons (Fsp3) is 0.391. The van der Waals surface area contributed by atoms with Crippen molar-refractivity contribution in [3.8, 4) is 11.4 Å². The van der Waals surface area contributed by atoms with E-state index in [1.165, 1.54) is 12.0 Å². The molecule has 2 aromatic heterocycles. The lowest BCUT2D eigenvalue weighted by Gasteiger charge is -2.27. The Morgan fingerprint density at radius 2 is 1.97 bits per heavy atom. The number of likely N-dealkylation sites (tertiary alicyclic amines) is 1. The van der Waals surface area contributed by atoms with Gasteiger partial charge in [-0.1, -0.05) is 37.3 Å². The molecule has 3 aromatic rings. The highest BCUT2D eigenvalue weighted by Gasteiger charge is 2.25. The molecule has 2 N–H and O–H groups in total. The lowest BCUT2D eigenvalue weighted by atomic mass is 9.98. The van der Waals surface area contributed by atoms with E-state index >= 15 is 0 Å². The normalized spacial score (nSPS) is 16.4. The predicted molar refractivity (Wildman–Crippen MR) is 119 cm³/mol. The SMILES string of the molecule is CCc1[nH]c(=O)ccc1-c1nc(C2CCCN(C)C2)nn1Cc1ccccc1.O=CO. The molecule has 1 aliphatic heterocycles. The second-order valence-electron chi connectivity index (χ2n) is 7.71. The quantitative estimate of drug-likeness (QED) is 0.612. The molecule has 1 saturated heterocycles. The molecular weight excluding hydrogens is 394 g/mol. The summed E-state index contributed by atoms with van der Waals surface area (Å²) in [6.45, 7) is 4.58. The Kier molecular flexibility index (Phi) is 7.72. The van der Waals surface area contributed by atoms with Crippen LogP contribution in [0.3, 0.4) is 0 Å². The van der Waals surface area contributed by atoms with Crippen molar-refractivity contribution in [1.29, 1.82) is 0 Å². The Balaban J connectivity index is 0.000000858. The lowest BCUT2D eigenvalue weighted by Crippen LogP contribution is -2.31. The van der Waals surface area contributed by atoms with Crippen molar-refractivity contribution < 1.29 is 9.90 Å². The third-order valence-electron chi connectivity index (χ3n) is 5.45. The molecule has 1 aliphatic rings. The topological polar surface area (TPSA) is 104 Å². The number of pyridine rings is 1. The van der Waals surface area contributed by atoms with Gasteiger partial charge in [-0.2, -0.15) is 5.10 Å². The van der Waals surface area contributed by atoms with Gasteiger partial charge >= 0.3 is 0 Å². The fourth-order valence-electron chi connectivity index (χ4n) is 3.98. The number of aryl methyl sites for hydroxylation is 1. The van der Waals surface area contributed by atoms with Crippen LogP contribution in [0.5, 0.6) is 0 Å². The summed E-state index contributed by atoms with van der Waals surface area (Å²) in [6, 6.07) is 13.8. The average molecular weight is 424 g/mol. The zero-order valence-electron chi connectivity index (χ0n) is 18.0. The number of carboxylic acid groups (broad SMARTS) is 1. The van der Waals surface area contributed by atoms with Gasteiger partial charge in [-0.15, -0.1) is 0 Å². The number of aromatic nitrogens is 4. The minimum absolute atomic E-state index is 0.0798. The van der Waals surface area contributed by atoms with Crippen LogP contribution in [0.4, 0.5) is 0 Å². The van der Waals surface area contributed by atoms with Crippen molar-refractivity contribution in [2.45, 2.75) is 38.6 Å². The Morgan fingerprint density at radius 3 is 2.65 bits per heavy atom. The number of carbonyl (C=O) groups is 1. The molecule has 8 heteroatoms. The Hall–Kier alpha value is -3.26. The van der Waals surface area contributed by atoms with Crippen LogP contribution in [-0.2, 0) is 17.8 Å². The number of piperidine rings is 1. The van der Waals surface area contributed by atoms with Gasteiger partial charge in [-0.3, -0.25) is 9.59 Å². The summed E-state index contributed by atoms with van der Waals surface area (Å²) in [6.07, 6.45) is 3.03. The van der Waals surface area contributed by atoms with Crippen molar-refractivity contribution in [3.05, 3.63) is 69.9 Å². The number of hydrogen-bond donors (Lipinski definition) is 2. The maximum Gasteiger partial charge on any atom is 0.290 e. The molecule has 0 amide bonds. The van der Waals surface area contributed by atoms with Crippen LogP contribution in [0, 0.1) is 0 Å². The molecule has 1 fully saturated rings. The lowest BCUT2D eigenvalue weighted by molar-refractivity contribution is -0.122. The van der Waals surface area contributed by atoms with E-state index in [2.05, 4.69) is 29.1 Å². The summed E-state index contributed by atoms with van der Waals surface area (Å²) in [4.78, 5) is 30.4. The molecule has 0 bridgehead atoms. The Morgan fingerprint density at radius 1 is 1.23 bits per heavy atom. The zero-order valence-corrected chi connectivity index (χ0v) is 18.0. The van der Waals surface area contributed by atoms with E-state index in [9.17, 15) is 4.79 Å². The second-order valence-corrected chi connectivity index (χ2v) is 7.71. The van der Waals surface area contributed by atoms with Gasteiger partial charge in [-0.25, -0.2) is 9.67 Å². The van der Waals surface area contributed by atoms with Gasteiger partial charge in [0.1, 0.15) is 0 Å². The molecular formula is C23H29N5O3. The Labute approximate surface area is 181 Å². The van der Waals surface area contributed by atoms with Gasteiger partial charge in [0.2, 0.25) is 5.56 Å². The van der Waals surface area contributed by atoms with Gasteiger partial charge in [0, 0.05) is 29.8 Å². The number of aromatic amines is 1. The van der Waals surface area contributed by atoms with E-state index in [0.29, 0.717) is 12.5 Å². The van der Waals surface area contributed by atoms with E-state index in [4.69, 9.17) is 20.0 Å². The number of likely N-dealkylation sites (N-methyl/N-ethyl adjacent to an activating group) is 1.